The van der Waals surface area contributed by atoms with Crippen LogP contribution in [0.5, 0.6) is 5.75 Å². The molecule has 0 bridgehead atoms. The molecule has 0 unspecified atom stereocenters. The van der Waals surface area contributed by atoms with Crippen LogP contribution in [0.25, 0.3) is 0 Å². The molecule has 0 saturated carbocycles. The normalized spacial score (nSPS) is 9.50. The third-order valence-corrected chi connectivity index (χ3v) is 1.98. The van der Waals surface area contributed by atoms with Crippen LogP contribution in [0.1, 0.15) is 11.1 Å². The zero-order chi connectivity index (χ0) is 10.4. The fourth-order valence-corrected chi connectivity index (χ4v) is 1.28. The molecule has 0 spiro atoms. The first-order valence-electron chi connectivity index (χ1n) is 4.33. The van der Waals surface area contributed by atoms with E-state index in [0.29, 0.717) is 13.0 Å². The second-order valence-electron chi connectivity index (χ2n) is 2.90. The highest BCUT2D eigenvalue weighted by Gasteiger charge is 2.03. The van der Waals surface area contributed by atoms with Gasteiger partial charge < -0.3 is 9.47 Å². The van der Waals surface area contributed by atoms with Gasteiger partial charge in [-0.05, 0) is 23.3 Å². The summed E-state index contributed by atoms with van der Waals surface area (Å²) in [6.45, 7) is 0.529. The van der Waals surface area contributed by atoms with Crippen molar-refractivity contribution in [3.8, 4) is 11.8 Å². The van der Waals surface area contributed by atoms with Gasteiger partial charge >= 0.3 is 0 Å². The Morgan fingerprint density at radius 3 is 2.64 bits per heavy atom. The van der Waals surface area contributed by atoms with Crippen LogP contribution in [-0.4, -0.2) is 14.2 Å². The van der Waals surface area contributed by atoms with Crippen molar-refractivity contribution in [2.75, 3.05) is 14.2 Å². The van der Waals surface area contributed by atoms with Gasteiger partial charge in [0.1, 0.15) is 5.75 Å². The third-order valence-electron chi connectivity index (χ3n) is 1.98. The highest BCUT2D eigenvalue weighted by Crippen LogP contribution is 2.18. The van der Waals surface area contributed by atoms with Gasteiger partial charge in [0.25, 0.3) is 0 Å². The van der Waals surface area contributed by atoms with Gasteiger partial charge in [0.15, 0.2) is 0 Å². The Labute approximate surface area is 83.9 Å². The monoisotopic (exact) mass is 191 g/mol. The van der Waals surface area contributed by atoms with Crippen LogP contribution in [0.15, 0.2) is 18.2 Å². The summed E-state index contributed by atoms with van der Waals surface area (Å²) in [5.41, 5.74) is 2.00. The number of nitriles is 1. The lowest BCUT2D eigenvalue weighted by Gasteiger charge is -2.07. The van der Waals surface area contributed by atoms with Crippen LogP contribution in [0, 0.1) is 11.3 Å². The van der Waals surface area contributed by atoms with Crippen molar-refractivity contribution in [3.05, 3.63) is 29.3 Å². The third kappa shape index (κ3) is 2.48. The lowest BCUT2D eigenvalue weighted by molar-refractivity contribution is 0.184. The zero-order valence-electron chi connectivity index (χ0n) is 8.41. The fourth-order valence-electron chi connectivity index (χ4n) is 1.28. The average Bonchev–Trinajstić information content (AvgIpc) is 2.21. The summed E-state index contributed by atoms with van der Waals surface area (Å²) in [5, 5.41) is 8.64. The first-order chi connectivity index (χ1) is 6.81. The Morgan fingerprint density at radius 1 is 1.29 bits per heavy atom. The number of methoxy groups -OCH3 is 2. The van der Waals surface area contributed by atoms with Crippen LogP contribution in [-0.2, 0) is 17.8 Å². The van der Waals surface area contributed by atoms with Gasteiger partial charge in [-0.3, -0.25) is 0 Å². The first-order valence-corrected chi connectivity index (χ1v) is 4.33. The second-order valence-corrected chi connectivity index (χ2v) is 2.90. The standard InChI is InChI=1S/C11H13NO2/c1-13-8-10-3-4-11(14-2)7-9(10)5-6-12/h3-4,7H,5,8H2,1-2H3. The minimum absolute atomic E-state index is 0.385. The van der Waals surface area contributed by atoms with E-state index < -0.39 is 0 Å². The molecule has 3 heteroatoms. The van der Waals surface area contributed by atoms with Crippen LogP contribution in [0.2, 0.25) is 0 Å². The van der Waals surface area contributed by atoms with Crippen LogP contribution < -0.4 is 4.74 Å². The van der Waals surface area contributed by atoms with Gasteiger partial charge in [-0.15, -0.1) is 0 Å². The summed E-state index contributed by atoms with van der Waals surface area (Å²) in [6, 6.07) is 7.79. The number of rotatable bonds is 4. The molecule has 1 rings (SSSR count). The van der Waals surface area contributed by atoms with E-state index in [0.717, 1.165) is 16.9 Å². The summed E-state index contributed by atoms with van der Waals surface area (Å²) >= 11 is 0. The molecule has 0 aliphatic heterocycles. The molecule has 74 valence electrons. The quantitative estimate of drug-likeness (QED) is 0.730. The molecule has 0 N–H and O–H groups in total. The SMILES string of the molecule is COCc1ccc(OC)cc1CC#N. The van der Waals surface area contributed by atoms with Crippen molar-refractivity contribution >= 4 is 0 Å². The minimum atomic E-state index is 0.385. The first kappa shape index (κ1) is 10.6. The van der Waals surface area contributed by atoms with E-state index in [-0.39, 0.29) is 0 Å². The minimum Gasteiger partial charge on any atom is -0.497 e. The van der Waals surface area contributed by atoms with Gasteiger partial charge in [-0.25, -0.2) is 0 Å². The molecule has 0 aliphatic carbocycles. The Hall–Kier alpha value is -1.53. The average molecular weight is 191 g/mol. The van der Waals surface area contributed by atoms with Gasteiger partial charge in [-0.2, -0.15) is 5.26 Å². The van der Waals surface area contributed by atoms with Gasteiger partial charge in [0, 0.05) is 7.11 Å². The smallest absolute Gasteiger partial charge is 0.119 e. The molecule has 0 saturated heterocycles. The van der Waals surface area contributed by atoms with E-state index in [1.807, 2.05) is 18.2 Å². The van der Waals surface area contributed by atoms with E-state index in [9.17, 15) is 0 Å². The maximum atomic E-state index is 8.64. The highest BCUT2D eigenvalue weighted by atomic mass is 16.5. The topological polar surface area (TPSA) is 42.2 Å². The van der Waals surface area contributed by atoms with Crippen molar-refractivity contribution in [1.29, 1.82) is 5.26 Å². The summed E-state index contributed by atoms with van der Waals surface area (Å²) < 4.78 is 10.1. The molecule has 0 amide bonds. The van der Waals surface area contributed by atoms with Crippen LogP contribution >= 0.6 is 0 Å². The summed E-state index contributed by atoms with van der Waals surface area (Å²) in [7, 11) is 3.25. The van der Waals surface area contributed by atoms with E-state index in [1.54, 1.807) is 14.2 Å². The molecule has 0 aromatic heterocycles. The number of benzene rings is 1. The molecule has 14 heavy (non-hydrogen) atoms. The van der Waals surface area contributed by atoms with E-state index in [1.165, 1.54) is 0 Å². The lowest BCUT2D eigenvalue weighted by Crippen LogP contribution is -1.96. The molecule has 0 aliphatic rings. The summed E-state index contributed by atoms with van der Waals surface area (Å²) in [4.78, 5) is 0. The highest BCUT2D eigenvalue weighted by molar-refractivity contribution is 5.36. The fraction of sp³-hybridized carbons (Fsp3) is 0.364. The molecule has 0 heterocycles. The Kier molecular flexibility index (Phi) is 3.96. The Bertz CT molecular complexity index is 342. The largest absolute Gasteiger partial charge is 0.497 e. The number of ether oxygens (including phenoxy) is 2. The maximum Gasteiger partial charge on any atom is 0.119 e. The van der Waals surface area contributed by atoms with Crippen LogP contribution in [0.3, 0.4) is 0 Å². The van der Waals surface area contributed by atoms with Gasteiger partial charge in [-0.1, -0.05) is 6.07 Å². The predicted molar refractivity (Wildman–Crippen MR) is 53.0 cm³/mol. The van der Waals surface area contributed by atoms with Gasteiger partial charge in [0.05, 0.1) is 26.2 Å². The van der Waals surface area contributed by atoms with Crippen LogP contribution in [0.4, 0.5) is 0 Å². The molecule has 0 fully saturated rings. The van der Waals surface area contributed by atoms with Crippen molar-refractivity contribution < 1.29 is 9.47 Å². The molecule has 3 nitrogen and oxygen atoms in total. The number of hydrogen-bond donors (Lipinski definition) is 0. The van der Waals surface area contributed by atoms with E-state index >= 15 is 0 Å². The summed E-state index contributed by atoms with van der Waals surface area (Å²) in [5.74, 6) is 0.773. The van der Waals surface area contributed by atoms with Crippen molar-refractivity contribution in [2.24, 2.45) is 0 Å². The second kappa shape index (κ2) is 5.25. The molecule has 1 aromatic carbocycles. The Morgan fingerprint density at radius 2 is 2.07 bits per heavy atom. The molecule has 1 aromatic rings. The predicted octanol–water partition coefficient (Wildman–Crippen LogP) is 1.91. The Balaban J connectivity index is 2.98. The molecular formula is C11H13NO2. The van der Waals surface area contributed by atoms with Crippen molar-refractivity contribution in [2.45, 2.75) is 13.0 Å². The summed E-state index contributed by atoms with van der Waals surface area (Å²) in [6.07, 6.45) is 0.385. The molecular weight excluding hydrogens is 178 g/mol. The lowest BCUT2D eigenvalue weighted by atomic mass is 10.1. The van der Waals surface area contributed by atoms with Crippen molar-refractivity contribution in [1.82, 2.24) is 0 Å². The van der Waals surface area contributed by atoms with Gasteiger partial charge in [0.2, 0.25) is 0 Å². The molecule has 0 atom stereocenters. The number of nitrogens with zero attached hydrogens (tertiary/aromatic N) is 1. The number of hydrogen-bond acceptors (Lipinski definition) is 3. The van der Waals surface area contributed by atoms with E-state index in [2.05, 4.69) is 6.07 Å². The van der Waals surface area contributed by atoms with E-state index in [4.69, 9.17) is 14.7 Å². The van der Waals surface area contributed by atoms with Crippen molar-refractivity contribution in [3.63, 3.8) is 0 Å². The maximum absolute atomic E-state index is 8.64. The zero-order valence-corrected chi connectivity index (χ0v) is 8.41. The molecule has 0 radical (unpaired) electrons.